The van der Waals surface area contributed by atoms with Crippen molar-refractivity contribution in [3.8, 4) is 0 Å². The molecule has 2 amide bonds. The van der Waals surface area contributed by atoms with Crippen LogP contribution in [0.4, 0.5) is 5.69 Å². The van der Waals surface area contributed by atoms with Gasteiger partial charge in [0.15, 0.2) is 0 Å². The Bertz CT molecular complexity index is 919. The second-order valence-electron chi connectivity index (χ2n) is 6.04. The zero-order valence-corrected chi connectivity index (χ0v) is 15.5. The van der Waals surface area contributed by atoms with Gasteiger partial charge in [0.1, 0.15) is 0 Å². The van der Waals surface area contributed by atoms with Crippen LogP contribution < -0.4 is 10.6 Å². The van der Waals surface area contributed by atoms with E-state index in [4.69, 9.17) is 0 Å². The number of carbonyl (C=O) groups is 2. The number of amides is 2. The largest absolute Gasteiger partial charge is 0.345 e. The number of para-hydroxylation sites is 1. The van der Waals surface area contributed by atoms with Crippen molar-refractivity contribution in [3.05, 3.63) is 87.6 Å². The molecule has 0 spiro atoms. The molecule has 0 fully saturated rings. The van der Waals surface area contributed by atoms with Gasteiger partial charge >= 0.3 is 0 Å². The molecule has 26 heavy (non-hydrogen) atoms. The third-order valence-corrected chi connectivity index (χ3v) is 5.15. The normalized spacial score (nSPS) is 11.6. The number of rotatable bonds is 5. The molecule has 3 rings (SSSR count). The Labute approximate surface area is 156 Å². The molecule has 1 unspecified atom stereocenters. The summed E-state index contributed by atoms with van der Waals surface area (Å²) in [5.41, 5.74) is 2.89. The number of aryl methyl sites for hydroxylation is 1. The Morgan fingerprint density at radius 1 is 0.923 bits per heavy atom. The first-order valence-electron chi connectivity index (χ1n) is 8.36. The Kier molecular flexibility index (Phi) is 5.49. The highest BCUT2D eigenvalue weighted by Crippen LogP contribution is 2.21. The second kappa shape index (κ2) is 7.97. The summed E-state index contributed by atoms with van der Waals surface area (Å²) >= 11 is 1.39. The molecule has 0 aliphatic heterocycles. The molecule has 0 bridgehead atoms. The molecule has 0 aliphatic rings. The maximum Gasteiger partial charge on any atom is 0.266 e. The van der Waals surface area contributed by atoms with Crippen molar-refractivity contribution >= 4 is 28.8 Å². The van der Waals surface area contributed by atoms with E-state index >= 15 is 0 Å². The van der Waals surface area contributed by atoms with Crippen molar-refractivity contribution in [1.82, 2.24) is 5.32 Å². The lowest BCUT2D eigenvalue weighted by Crippen LogP contribution is -2.28. The lowest BCUT2D eigenvalue weighted by molar-refractivity contribution is 0.0941. The molecule has 0 saturated heterocycles. The summed E-state index contributed by atoms with van der Waals surface area (Å²) in [6, 6.07) is 18.6. The van der Waals surface area contributed by atoms with Crippen LogP contribution in [0.1, 0.15) is 44.1 Å². The van der Waals surface area contributed by atoms with E-state index in [-0.39, 0.29) is 17.9 Å². The van der Waals surface area contributed by atoms with E-state index in [0.717, 1.165) is 11.1 Å². The smallest absolute Gasteiger partial charge is 0.266 e. The lowest BCUT2D eigenvalue weighted by Gasteiger charge is -2.16. The van der Waals surface area contributed by atoms with Gasteiger partial charge in [0.2, 0.25) is 0 Å². The van der Waals surface area contributed by atoms with Crippen molar-refractivity contribution < 1.29 is 9.59 Å². The highest BCUT2D eigenvalue weighted by molar-refractivity contribution is 7.12. The highest BCUT2D eigenvalue weighted by Gasteiger charge is 2.17. The SMILES string of the molecule is Cc1ccsc1C(=O)Nc1ccccc1C(=O)NC(C)c1ccccc1. The van der Waals surface area contributed by atoms with Crippen LogP contribution in [0.5, 0.6) is 0 Å². The van der Waals surface area contributed by atoms with E-state index in [1.54, 1.807) is 24.3 Å². The maximum atomic E-state index is 12.7. The van der Waals surface area contributed by atoms with Crippen LogP contribution in [-0.2, 0) is 0 Å². The Morgan fingerprint density at radius 2 is 1.62 bits per heavy atom. The minimum atomic E-state index is -0.222. The fourth-order valence-electron chi connectivity index (χ4n) is 2.67. The van der Waals surface area contributed by atoms with Gasteiger partial charge in [-0.15, -0.1) is 11.3 Å². The predicted molar refractivity (Wildman–Crippen MR) is 106 cm³/mol. The van der Waals surface area contributed by atoms with E-state index in [0.29, 0.717) is 16.1 Å². The minimum absolute atomic E-state index is 0.132. The van der Waals surface area contributed by atoms with Crippen molar-refractivity contribution in [3.63, 3.8) is 0 Å². The number of thiophene rings is 1. The summed E-state index contributed by atoms with van der Waals surface area (Å²) < 4.78 is 0. The van der Waals surface area contributed by atoms with Gasteiger partial charge in [-0.2, -0.15) is 0 Å². The summed E-state index contributed by atoms with van der Waals surface area (Å²) in [6.45, 7) is 3.83. The third-order valence-electron chi connectivity index (χ3n) is 4.14. The molecule has 1 atom stereocenters. The topological polar surface area (TPSA) is 58.2 Å². The summed E-state index contributed by atoms with van der Waals surface area (Å²) in [5, 5.41) is 7.72. The van der Waals surface area contributed by atoms with Crippen LogP contribution >= 0.6 is 11.3 Å². The molecule has 0 aliphatic carbocycles. The first kappa shape index (κ1) is 17.9. The average Bonchev–Trinajstić information content (AvgIpc) is 3.09. The van der Waals surface area contributed by atoms with Crippen LogP contribution in [0.15, 0.2) is 66.0 Å². The van der Waals surface area contributed by atoms with Gasteiger partial charge in [-0.05, 0) is 48.6 Å². The Balaban J connectivity index is 1.77. The quantitative estimate of drug-likeness (QED) is 0.683. The van der Waals surface area contributed by atoms with Crippen LogP contribution in [-0.4, -0.2) is 11.8 Å². The summed E-state index contributed by atoms with van der Waals surface area (Å²) in [6.07, 6.45) is 0. The van der Waals surface area contributed by atoms with Gasteiger partial charge in [-0.3, -0.25) is 9.59 Å². The van der Waals surface area contributed by atoms with E-state index in [1.165, 1.54) is 11.3 Å². The van der Waals surface area contributed by atoms with E-state index in [9.17, 15) is 9.59 Å². The lowest BCUT2D eigenvalue weighted by atomic mass is 10.1. The fraction of sp³-hybridized carbons (Fsp3) is 0.143. The number of anilines is 1. The Hall–Kier alpha value is -2.92. The molecule has 132 valence electrons. The second-order valence-corrected chi connectivity index (χ2v) is 6.95. The van der Waals surface area contributed by atoms with E-state index in [1.807, 2.05) is 55.6 Å². The number of benzene rings is 2. The zero-order valence-electron chi connectivity index (χ0n) is 14.7. The van der Waals surface area contributed by atoms with E-state index < -0.39 is 0 Å². The molecule has 1 aromatic heterocycles. The van der Waals surface area contributed by atoms with Crippen LogP contribution in [0.3, 0.4) is 0 Å². The van der Waals surface area contributed by atoms with Crippen LogP contribution in [0, 0.1) is 6.92 Å². The van der Waals surface area contributed by atoms with E-state index in [2.05, 4.69) is 10.6 Å². The number of hydrogen-bond acceptors (Lipinski definition) is 3. The average molecular weight is 364 g/mol. The number of nitrogens with one attached hydrogen (secondary N) is 2. The van der Waals surface area contributed by atoms with Gasteiger partial charge < -0.3 is 10.6 Å². The molecule has 4 nitrogen and oxygen atoms in total. The summed E-state index contributed by atoms with van der Waals surface area (Å²) in [7, 11) is 0. The molecule has 2 aromatic carbocycles. The summed E-state index contributed by atoms with van der Waals surface area (Å²) in [4.78, 5) is 25.9. The van der Waals surface area contributed by atoms with Crippen LogP contribution in [0.25, 0.3) is 0 Å². The van der Waals surface area contributed by atoms with Gasteiger partial charge in [-0.25, -0.2) is 0 Å². The molecule has 0 saturated carbocycles. The molecular formula is C21H20N2O2S. The van der Waals surface area contributed by atoms with Crippen molar-refractivity contribution in [1.29, 1.82) is 0 Å². The number of hydrogen-bond donors (Lipinski definition) is 2. The molecule has 3 aromatic rings. The molecule has 5 heteroatoms. The molecular weight excluding hydrogens is 344 g/mol. The third kappa shape index (κ3) is 4.00. The van der Waals surface area contributed by atoms with Gasteiger partial charge in [0.05, 0.1) is 22.2 Å². The number of carbonyl (C=O) groups excluding carboxylic acids is 2. The molecule has 0 radical (unpaired) electrons. The molecule has 1 heterocycles. The van der Waals surface area contributed by atoms with Gasteiger partial charge in [0.25, 0.3) is 11.8 Å². The summed E-state index contributed by atoms with van der Waals surface area (Å²) in [5.74, 6) is -0.422. The monoisotopic (exact) mass is 364 g/mol. The van der Waals surface area contributed by atoms with Gasteiger partial charge in [-0.1, -0.05) is 42.5 Å². The van der Waals surface area contributed by atoms with Crippen molar-refractivity contribution in [2.24, 2.45) is 0 Å². The zero-order chi connectivity index (χ0) is 18.5. The Morgan fingerprint density at radius 3 is 2.31 bits per heavy atom. The first-order valence-corrected chi connectivity index (χ1v) is 9.24. The molecule has 2 N–H and O–H groups in total. The van der Waals surface area contributed by atoms with Gasteiger partial charge in [0, 0.05) is 0 Å². The predicted octanol–water partition coefficient (Wildman–Crippen LogP) is 4.80. The fourth-order valence-corrected chi connectivity index (χ4v) is 3.49. The standard InChI is InChI=1S/C21H20N2O2S/c1-14-12-13-26-19(14)21(25)23-18-11-7-6-10-17(18)20(24)22-15(2)16-8-4-3-5-9-16/h3-13,15H,1-2H3,(H,22,24)(H,23,25). The first-order chi connectivity index (χ1) is 12.6. The highest BCUT2D eigenvalue weighted by atomic mass is 32.1. The van der Waals surface area contributed by atoms with Crippen molar-refractivity contribution in [2.75, 3.05) is 5.32 Å². The minimum Gasteiger partial charge on any atom is -0.345 e. The maximum absolute atomic E-state index is 12.7. The van der Waals surface area contributed by atoms with Crippen LogP contribution in [0.2, 0.25) is 0 Å². The van der Waals surface area contributed by atoms with Crippen molar-refractivity contribution in [2.45, 2.75) is 19.9 Å².